The Hall–Kier alpha value is -4.01. The summed E-state index contributed by atoms with van der Waals surface area (Å²) in [6, 6.07) is 8.17. The van der Waals surface area contributed by atoms with E-state index >= 15 is 0 Å². The van der Waals surface area contributed by atoms with E-state index in [9.17, 15) is 18.8 Å². The quantitative estimate of drug-likeness (QED) is 0.331. The van der Waals surface area contributed by atoms with Crippen LogP contribution in [-0.4, -0.2) is 39.4 Å². The van der Waals surface area contributed by atoms with E-state index in [1.54, 1.807) is 44.6 Å². The zero-order valence-electron chi connectivity index (χ0n) is 18.7. The molecule has 2 aromatic carbocycles. The van der Waals surface area contributed by atoms with Crippen molar-refractivity contribution in [2.45, 2.75) is 32.4 Å². The third-order valence-electron chi connectivity index (χ3n) is 5.95. The van der Waals surface area contributed by atoms with Gasteiger partial charge in [0.1, 0.15) is 17.4 Å². The van der Waals surface area contributed by atoms with E-state index in [4.69, 9.17) is 4.74 Å². The number of halogens is 2. The number of hydrogen-bond donors (Lipinski definition) is 2. The molecule has 7 nitrogen and oxygen atoms in total. The maximum atomic E-state index is 13.8. The lowest BCUT2D eigenvalue weighted by atomic mass is 10.0. The molecule has 0 atom stereocenters. The molecule has 1 saturated carbocycles. The highest BCUT2D eigenvalue weighted by atomic mass is 19.1. The Labute approximate surface area is 194 Å². The molecule has 2 N–H and O–H groups in total. The zero-order valence-corrected chi connectivity index (χ0v) is 18.7. The lowest BCUT2D eigenvalue weighted by molar-refractivity contribution is -0.908. The van der Waals surface area contributed by atoms with Crippen LogP contribution in [-0.2, 0) is 6.54 Å². The second kappa shape index (κ2) is 8.40. The summed E-state index contributed by atoms with van der Waals surface area (Å²) in [5.41, 5.74) is 3.30. The fourth-order valence-corrected chi connectivity index (χ4v) is 3.97. The largest absolute Gasteiger partial charge is 0.490 e. The average Bonchev–Trinajstić information content (AvgIpc) is 3.47. The van der Waals surface area contributed by atoms with Crippen molar-refractivity contribution in [3.8, 4) is 16.9 Å². The average molecular weight is 465 g/mol. The first-order chi connectivity index (χ1) is 16.3. The van der Waals surface area contributed by atoms with E-state index in [1.807, 2.05) is 0 Å². The van der Waals surface area contributed by atoms with Gasteiger partial charge in [-0.05, 0) is 48.7 Å². The Morgan fingerprint density at radius 2 is 1.97 bits per heavy atom. The molecule has 1 fully saturated rings. The van der Waals surface area contributed by atoms with E-state index in [1.165, 1.54) is 17.0 Å². The topological polar surface area (TPSA) is 82.3 Å². The number of rotatable bonds is 6. The molecular formula is C25H23F2N4O3+. The van der Waals surface area contributed by atoms with Crippen molar-refractivity contribution in [3.05, 3.63) is 77.2 Å². The van der Waals surface area contributed by atoms with E-state index in [-0.39, 0.29) is 18.6 Å². The molecule has 2 heterocycles. The van der Waals surface area contributed by atoms with Crippen molar-refractivity contribution in [2.24, 2.45) is 0 Å². The number of carbonyl (C=O) groups excluding carboxylic acids is 1. The van der Waals surface area contributed by atoms with Crippen molar-refractivity contribution >= 4 is 16.8 Å². The molecule has 0 aliphatic heterocycles. The van der Waals surface area contributed by atoms with Crippen LogP contribution in [0.4, 0.5) is 8.78 Å². The summed E-state index contributed by atoms with van der Waals surface area (Å²) < 4.78 is 34.6. The van der Waals surface area contributed by atoms with Gasteiger partial charge in [-0.3, -0.25) is 15.1 Å². The Balaban J connectivity index is 1.46. The molecule has 34 heavy (non-hydrogen) atoms. The van der Waals surface area contributed by atoms with E-state index in [2.05, 4.69) is 10.2 Å². The Bertz CT molecular complexity index is 1390. The van der Waals surface area contributed by atoms with Gasteiger partial charge in [0.25, 0.3) is 5.91 Å². The third kappa shape index (κ3) is 4.16. The highest BCUT2D eigenvalue weighted by molar-refractivity contribution is 5.95. The number of H-pyrrole nitrogens is 1. The summed E-state index contributed by atoms with van der Waals surface area (Å²) in [6.45, 7) is 1.98. The molecule has 1 aliphatic rings. The standard InChI is InChI=1S/C25H22F2N4O3/c1-14-22-11-28-29-24(22)17(13-31(14)33)12-30(2)25(32)15-3-6-21(23(9-15)34-20-4-5-20)16-7-18(26)10-19(27)8-16/h3,6-11,13,20,33H,4-5,12H2,1-2H3/p+1. The minimum atomic E-state index is -0.684. The van der Waals surface area contributed by atoms with Gasteiger partial charge in [0, 0.05) is 35.9 Å². The molecule has 0 spiro atoms. The van der Waals surface area contributed by atoms with Gasteiger partial charge in [-0.15, -0.1) is 0 Å². The highest BCUT2D eigenvalue weighted by Gasteiger charge is 2.26. The number of benzene rings is 2. The molecule has 4 aromatic rings. The van der Waals surface area contributed by atoms with Gasteiger partial charge in [-0.1, -0.05) is 0 Å². The van der Waals surface area contributed by atoms with Crippen LogP contribution in [0.1, 0.15) is 34.5 Å². The maximum absolute atomic E-state index is 13.8. The van der Waals surface area contributed by atoms with Crippen LogP contribution in [0.2, 0.25) is 0 Å². The van der Waals surface area contributed by atoms with Crippen molar-refractivity contribution in [2.75, 3.05) is 7.05 Å². The van der Waals surface area contributed by atoms with Crippen LogP contribution in [0.3, 0.4) is 0 Å². The number of nitrogens with one attached hydrogen (secondary N) is 1. The Morgan fingerprint density at radius 3 is 2.68 bits per heavy atom. The summed E-state index contributed by atoms with van der Waals surface area (Å²) in [6.07, 6.45) is 4.98. The zero-order chi connectivity index (χ0) is 24.0. The molecule has 2 aromatic heterocycles. The second-order valence-electron chi connectivity index (χ2n) is 8.59. The van der Waals surface area contributed by atoms with Crippen LogP contribution in [0.15, 0.2) is 48.8 Å². The summed E-state index contributed by atoms with van der Waals surface area (Å²) in [5.74, 6) is -1.23. The minimum absolute atomic E-state index is 0.0291. The number of aromatic amines is 1. The van der Waals surface area contributed by atoms with Crippen LogP contribution < -0.4 is 9.47 Å². The van der Waals surface area contributed by atoms with Crippen molar-refractivity contribution in [1.82, 2.24) is 15.1 Å². The number of ether oxygens (including phenoxy) is 1. The monoisotopic (exact) mass is 465 g/mol. The lowest BCUT2D eigenvalue weighted by Crippen LogP contribution is -2.35. The molecule has 0 saturated heterocycles. The summed E-state index contributed by atoms with van der Waals surface area (Å²) in [4.78, 5) is 14.8. The molecule has 0 bridgehead atoms. The van der Waals surface area contributed by atoms with Crippen LogP contribution in [0.5, 0.6) is 5.75 Å². The molecular weight excluding hydrogens is 442 g/mol. The number of fused-ring (bicyclic) bond motifs is 1. The molecule has 9 heteroatoms. The van der Waals surface area contributed by atoms with Gasteiger partial charge in [0.15, 0.2) is 0 Å². The summed E-state index contributed by atoms with van der Waals surface area (Å²) in [7, 11) is 1.66. The van der Waals surface area contributed by atoms with Gasteiger partial charge in [-0.25, -0.2) is 8.78 Å². The third-order valence-corrected chi connectivity index (χ3v) is 5.95. The molecule has 0 radical (unpaired) electrons. The van der Waals surface area contributed by atoms with Crippen LogP contribution >= 0.6 is 0 Å². The Morgan fingerprint density at radius 1 is 1.24 bits per heavy atom. The van der Waals surface area contributed by atoms with Crippen molar-refractivity contribution in [3.63, 3.8) is 0 Å². The van der Waals surface area contributed by atoms with E-state index in [0.29, 0.717) is 33.7 Å². The number of aromatic nitrogens is 3. The number of pyridine rings is 1. The van der Waals surface area contributed by atoms with Crippen LogP contribution in [0, 0.1) is 18.6 Å². The van der Waals surface area contributed by atoms with E-state index in [0.717, 1.165) is 34.5 Å². The smallest absolute Gasteiger partial charge is 0.254 e. The maximum Gasteiger partial charge on any atom is 0.254 e. The van der Waals surface area contributed by atoms with Crippen LogP contribution in [0.25, 0.3) is 22.0 Å². The van der Waals surface area contributed by atoms with Crippen molar-refractivity contribution < 1.29 is 28.2 Å². The fourth-order valence-electron chi connectivity index (χ4n) is 3.97. The number of aryl methyl sites for hydroxylation is 1. The predicted octanol–water partition coefficient (Wildman–Crippen LogP) is 4.15. The van der Waals surface area contributed by atoms with E-state index < -0.39 is 11.6 Å². The highest BCUT2D eigenvalue weighted by Crippen LogP contribution is 2.36. The van der Waals surface area contributed by atoms with Gasteiger partial charge in [0.2, 0.25) is 11.9 Å². The normalized spacial score (nSPS) is 13.3. The first-order valence-corrected chi connectivity index (χ1v) is 10.9. The van der Waals surface area contributed by atoms with Gasteiger partial charge >= 0.3 is 0 Å². The molecule has 0 unspecified atom stereocenters. The number of carbonyl (C=O) groups is 1. The van der Waals surface area contributed by atoms with Gasteiger partial charge < -0.3 is 9.64 Å². The molecule has 1 aliphatic carbocycles. The number of nitrogens with zero attached hydrogens (tertiary/aromatic N) is 3. The minimum Gasteiger partial charge on any atom is -0.490 e. The fraction of sp³-hybridized carbons (Fsp3) is 0.240. The summed E-state index contributed by atoms with van der Waals surface area (Å²) >= 11 is 0. The molecule has 5 rings (SSSR count). The van der Waals surface area contributed by atoms with Gasteiger partial charge in [-0.2, -0.15) is 5.10 Å². The molecule has 174 valence electrons. The predicted molar refractivity (Wildman–Crippen MR) is 119 cm³/mol. The van der Waals surface area contributed by atoms with Crippen molar-refractivity contribution in [1.29, 1.82) is 0 Å². The number of hydrogen-bond acceptors (Lipinski definition) is 4. The second-order valence-corrected chi connectivity index (χ2v) is 8.59. The lowest BCUT2D eigenvalue weighted by Gasteiger charge is -2.19. The first-order valence-electron chi connectivity index (χ1n) is 10.9. The molecule has 1 amide bonds. The first kappa shape index (κ1) is 21.8. The SMILES string of the molecule is Cc1c2cn[nH]c2c(CN(C)C(=O)c2ccc(-c3cc(F)cc(F)c3)c(OC3CC3)c2)c[n+]1O. The summed E-state index contributed by atoms with van der Waals surface area (Å²) in [5, 5.41) is 17.9. The van der Waals surface area contributed by atoms with Gasteiger partial charge in [0.05, 0.1) is 35.3 Å². The Kier molecular flexibility index (Phi) is 5.39. The number of amides is 1.